The van der Waals surface area contributed by atoms with Crippen molar-refractivity contribution in [2.24, 2.45) is 5.73 Å². The van der Waals surface area contributed by atoms with Gasteiger partial charge in [0.15, 0.2) is 0 Å². The predicted octanol–water partition coefficient (Wildman–Crippen LogP) is 6.23. The number of aryl methyl sites for hydroxylation is 1. The highest BCUT2D eigenvalue weighted by Gasteiger charge is 2.05. The summed E-state index contributed by atoms with van der Waals surface area (Å²) in [5.41, 5.74) is 11.4. The van der Waals surface area contributed by atoms with Crippen molar-refractivity contribution in [2.75, 3.05) is 0 Å². The van der Waals surface area contributed by atoms with Crippen LogP contribution >= 0.6 is 0 Å². The molecule has 1 aromatic rings. The van der Waals surface area contributed by atoms with E-state index in [0.29, 0.717) is 6.54 Å². The third-order valence-corrected chi connectivity index (χ3v) is 5.03. The summed E-state index contributed by atoms with van der Waals surface area (Å²) >= 11 is 0. The van der Waals surface area contributed by atoms with E-state index >= 15 is 0 Å². The van der Waals surface area contributed by atoms with E-state index in [-0.39, 0.29) is 0 Å². The molecule has 0 spiro atoms. The zero-order valence-corrected chi connectivity index (χ0v) is 15.2. The van der Waals surface area contributed by atoms with Crippen molar-refractivity contribution in [3.63, 3.8) is 0 Å². The van der Waals surface area contributed by atoms with Crippen LogP contribution in [0.25, 0.3) is 0 Å². The molecule has 0 saturated heterocycles. The standard InChI is InChI=1S/C21H37N/c1-4-5-6-7-8-9-10-11-12-13-14-20-15-16-21(17-22)19(3)18(20)2/h15-16H,4-14,17,22H2,1-3H3. The summed E-state index contributed by atoms with van der Waals surface area (Å²) < 4.78 is 0. The van der Waals surface area contributed by atoms with E-state index in [1.807, 2.05) is 0 Å². The molecular weight excluding hydrogens is 266 g/mol. The third-order valence-electron chi connectivity index (χ3n) is 5.03. The molecule has 0 aliphatic carbocycles. The molecule has 0 radical (unpaired) electrons. The van der Waals surface area contributed by atoms with Crippen LogP contribution < -0.4 is 5.73 Å². The second kappa shape index (κ2) is 11.7. The minimum Gasteiger partial charge on any atom is -0.326 e. The van der Waals surface area contributed by atoms with Crippen molar-refractivity contribution in [1.82, 2.24) is 0 Å². The van der Waals surface area contributed by atoms with E-state index in [2.05, 4.69) is 32.9 Å². The molecule has 126 valence electrons. The van der Waals surface area contributed by atoms with Gasteiger partial charge in [0, 0.05) is 6.54 Å². The Kier molecular flexibility index (Phi) is 10.2. The second-order valence-corrected chi connectivity index (χ2v) is 6.77. The Hall–Kier alpha value is -0.820. The Morgan fingerprint density at radius 1 is 0.682 bits per heavy atom. The van der Waals surface area contributed by atoms with Crippen LogP contribution in [0.2, 0.25) is 0 Å². The smallest absolute Gasteiger partial charge is 0.0180 e. The van der Waals surface area contributed by atoms with E-state index in [0.717, 1.165) is 0 Å². The van der Waals surface area contributed by atoms with Gasteiger partial charge in [-0.25, -0.2) is 0 Å². The van der Waals surface area contributed by atoms with Gasteiger partial charge >= 0.3 is 0 Å². The lowest BCUT2D eigenvalue weighted by Crippen LogP contribution is -2.03. The van der Waals surface area contributed by atoms with Crippen molar-refractivity contribution in [1.29, 1.82) is 0 Å². The van der Waals surface area contributed by atoms with E-state index < -0.39 is 0 Å². The summed E-state index contributed by atoms with van der Waals surface area (Å²) in [6.45, 7) is 7.40. The predicted molar refractivity (Wildman–Crippen MR) is 99.4 cm³/mol. The van der Waals surface area contributed by atoms with E-state index in [9.17, 15) is 0 Å². The fraction of sp³-hybridized carbons (Fsp3) is 0.714. The van der Waals surface area contributed by atoms with Gasteiger partial charge in [-0.15, -0.1) is 0 Å². The monoisotopic (exact) mass is 303 g/mol. The summed E-state index contributed by atoms with van der Waals surface area (Å²) in [6.07, 6.45) is 15.3. The molecule has 2 N–H and O–H groups in total. The van der Waals surface area contributed by atoms with Crippen molar-refractivity contribution < 1.29 is 0 Å². The summed E-state index contributed by atoms with van der Waals surface area (Å²) in [5, 5.41) is 0. The zero-order chi connectivity index (χ0) is 16.2. The van der Waals surface area contributed by atoms with Crippen LogP contribution in [0.5, 0.6) is 0 Å². The molecule has 0 atom stereocenters. The maximum atomic E-state index is 5.78. The third kappa shape index (κ3) is 6.96. The van der Waals surface area contributed by atoms with Crippen LogP contribution in [0.3, 0.4) is 0 Å². The van der Waals surface area contributed by atoms with Crippen molar-refractivity contribution in [2.45, 2.75) is 97.9 Å². The molecule has 0 amide bonds. The van der Waals surface area contributed by atoms with Crippen molar-refractivity contribution in [3.8, 4) is 0 Å². The highest BCUT2D eigenvalue weighted by molar-refractivity contribution is 5.39. The molecule has 0 aliphatic rings. The zero-order valence-electron chi connectivity index (χ0n) is 15.2. The molecule has 0 heterocycles. The van der Waals surface area contributed by atoms with Gasteiger partial charge in [-0.2, -0.15) is 0 Å². The van der Waals surface area contributed by atoms with E-state index in [1.165, 1.54) is 92.9 Å². The van der Waals surface area contributed by atoms with Gasteiger partial charge in [0.2, 0.25) is 0 Å². The lowest BCUT2D eigenvalue weighted by Gasteiger charge is -2.12. The van der Waals surface area contributed by atoms with E-state index in [1.54, 1.807) is 0 Å². The molecule has 0 aliphatic heterocycles. The van der Waals surface area contributed by atoms with Crippen molar-refractivity contribution >= 4 is 0 Å². The average Bonchev–Trinajstić information content (AvgIpc) is 2.53. The first kappa shape index (κ1) is 19.2. The summed E-state index contributed by atoms with van der Waals surface area (Å²) in [6, 6.07) is 4.51. The molecule has 0 fully saturated rings. The quantitative estimate of drug-likeness (QED) is 0.455. The number of benzene rings is 1. The molecule has 22 heavy (non-hydrogen) atoms. The first-order chi connectivity index (χ1) is 10.7. The fourth-order valence-electron chi connectivity index (χ4n) is 3.23. The molecule has 0 unspecified atom stereocenters. The molecule has 0 aromatic heterocycles. The number of nitrogens with two attached hydrogens (primary N) is 1. The van der Waals surface area contributed by atoms with Gasteiger partial charge in [0.25, 0.3) is 0 Å². The van der Waals surface area contributed by atoms with Crippen LogP contribution in [0, 0.1) is 13.8 Å². The topological polar surface area (TPSA) is 26.0 Å². The Morgan fingerprint density at radius 2 is 1.14 bits per heavy atom. The van der Waals surface area contributed by atoms with Crippen molar-refractivity contribution in [3.05, 3.63) is 34.4 Å². The van der Waals surface area contributed by atoms with Crippen LogP contribution in [-0.4, -0.2) is 0 Å². The molecule has 0 saturated carbocycles. The van der Waals surface area contributed by atoms with Gasteiger partial charge in [-0.3, -0.25) is 0 Å². The van der Waals surface area contributed by atoms with E-state index in [4.69, 9.17) is 5.73 Å². The first-order valence-corrected chi connectivity index (χ1v) is 9.48. The van der Waals surface area contributed by atoms with Gasteiger partial charge in [-0.05, 0) is 48.9 Å². The van der Waals surface area contributed by atoms with Crippen LogP contribution in [0.1, 0.15) is 93.4 Å². The number of hydrogen-bond donors (Lipinski definition) is 1. The lowest BCUT2D eigenvalue weighted by atomic mass is 9.94. The Balaban J connectivity index is 2.11. The summed E-state index contributed by atoms with van der Waals surface area (Å²) in [4.78, 5) is 0. The number of hydrogen-bond acceptors (Lipinski definition) is 1. The molecule has 0 bridgehead atoms. The van der Waals surface area contributed by atoms with Gasteiger partial charge in [0.1, 0.15) is 0 Å². The minimum atomic E-state index is 0.658. The lowest BCUT2D eigenvalue weighted by molar-refractivity contribution is 0.556. The SMILES string of the molecule is CCCCCCCCCCCCc1ccc(CN)c(C)c1C. The molecule has 1 aromatic carbocycles. The largest absolute Gasteiger partial charge is 0.326 e. The molecule has 1 heteroatoms. The molecule has 1 nitrogen and oxygen atoms in total. The average molecular weight is 304 g/mol. The van der Waals surface area contributed by atoms with Crippen LogP contribution in [0.4, 0.5) is 0 Å². The number of rotatable bonds is 12. The van der Waals surface area contributed by atoms with Gasteiger partial charge in [0.05, 0.1) is 0 Å². The normalized spacial score (nSPS) is 11.1. The Labute approximate surface area is 138 Å². The highest BCUT2D eigenvalue weighted by Crippen LogP contribution is 2.20. The second-order valence-electron chi connectivity index (χ2n) is 6.77. The Bertz CT molecular complexity index is 409. The Morgan fingerprint density at radius 3 is 1.68 bits per heavy atom. The number of unbranched alkanes of at least 4 members (excludes halogenated alkanes) is 9. The highest BCUT2D eigenvalue weighted by atomic mass is 14.5. The van der Waals surface area contributed by atoms with Gasteiger partial charge in [-0.1, -0.05) is 76.8 Å². The molecular formula is C21H37N. The fourth-order valence-corrected chi connectivity index (χ4v) is 3.23. The summed E-state index contributed by atoms with van der Waals surface area (Å²) in [5.74, 6) is 0. The maximum Gasteiger partial charge on any atom is 0.0180 e. The van der Waals surface area contributed by atoms with Crippen LogP contribution in [-0.2, 0) is 13.0 Å². The molecule has 1 rings (SSSR count). The van der Waals surface area contributed by atoms with Gasteiger partial charge < -0.3 is 5.73 Å². The minimum absolute atomic E-state index is 0.658. The van der Waals surface area contributed by atoms with Crippen LogP contribution in [0.15, 0.2) is 12.1 Å². The summed E-state index contributed by atoms with van der Waals surface area (Å²) in [7, 11) is 0. The maximum absolute atomic E-state index is 5.78. The first-order valence-electron chi connectivity index (χ1n) is 9.48.